The van der Waals surface area contributed by atoms with Gasteiger partial charge < -0.3 is 9.88 Å². The molecule has 7 heteroatoms. The number of sulfonamides is 1. The molecule has 0 atom stereocenters. The number of aryl methyl sites for hydroxylation is 2. The molecule has 0 saturated carbocycles. The Bertz CT molecular complexity index is 737. The number of imidazole rings is 1. The van der Waals surface area contributed by atoms with E-state index in [-0.39, 0.29) is 5.03 Å². The molecule has 2 heterocycles. The first-order chi connectivity index (χ1) is 9.56. The fourth-order valence-corrected chi connectivity index (χ4v) is 3.37. The van der Waals surface area contributed by atoms with Crippen molar-refractivity contribution < 1.29 is 8.42 Å². The third kappa shape index (κ3) is 2.36. The molecule has 0 bridgehead atoms. The highest BCUT2D eigenvalue weighted by Crippen LogP contribution is 2.31. The van der Waals surface area contributed by atoms with Crippen molar-refractivity contribution in [1.29, 1.82) is 0 Å². The van der Waals surface area contributed by atoms with E-state index in [0.29, 0.717) is 5.69 Å². The third-order valence-electron chi connectivity index (χ3n) is 3.28. The zero-order valence-electron chi connectivity index (χ0n) is 11.1. The molecule has 6 nitrogen and oxygen atoms in total. The fourth-order valence-electron chi connectivity index (χ4n) is 2.32. The third-order valence-corrected chi connectivity index (χ3v) is 4.53. The van der Waals surface area contributed by atoms with Gasteiger partial charge in [-0.15, -0.1) is 0 Å². The molecular formula is C13H16N4O2S. The minimum Gasteiger partial charge on any atom is -0.383 e. The van der Waals surface area contributed by atoms with Crippen LogP contribution in [0.25, 0.3) is 0 Å². The predicted molar refractivity (Wildman–Crippen MR) is 77.3 cm³/mol. The van der Waals surface area contributed by atoms with Crippen molar-refractivity contribution in [3.63, 3.8) is 0 Å². The maximum atomic E-state index is 12.3. The van der Waals surface area contributed by atoms with Crippen LogP contribution >= 0.6 is 0 Å². The van der Waals surface area contributed by atoms with Gasteiger partial charge in [-0.2, -0.15) is 8.42 Å². The maximum Gasteiger partial charge on any atom is 0.281 e. The van der Waals surface area contributed by atoms with Crippen molar-refractivity contribution in [1.82, 2.24) is 9.55 Å². The lowest BCUT2D eigenvalue weighted by molar-refractivity contribution is 0.598. The Hall–Kier alpha value is -2.02. The van der Waals surface area contributed by atoms with Gasteiger partial charge in [0.15, 0.2) is 5.03 Å². The first kappa shape index (κ1) is 13.0. The molecule has 1 aromatic carbocycles. The Labute approximate surface area is 117 Å². The van der Waals surface area contributed by atoms with Crippen LogP contribution in [0, 0.1) is 0 Å². The van der Waals surface area contributed by atoms with Crippen molar-refractivity contribution in [2.24, 2.45) is 7.05 Å². The van der Waals surface area contributed by atoms with E-state index >= 15 is 0 Å². The van der Waals surface area contributed by atoms with Crippen LogP contribution in [0.15, 0.2) is 35.7 Å². The largest absolute Gasteiger partial charge is 0.383 e. The van der Waals surface area contributed by atoms with Gasteiger partial charge >= 0.3 is 0 Å². The molecule has 0 spiro atoms. The van der Waals surface area contributed by atoms with Crippen molar-refractivity contribution in [2.45, 2.75) is 17.9 Å². The van der Waals surface area contributed by atoms with Crippen LogP contribution in [0.1, 0.15) is 12.0 Å². The molecule has 1 aliphatic rings. The lowest BCUT2D eigenvalue weighted by atomic mass is 10.0. The van der Waals surface area contributed by atoms with Crippen LogP contribution in [0.5, 0.6) is 0 Å². The lowest BCUT2D eigenvalue weighted by Gasteiger charge is -2.21. The summed E-state index contributed by atoms with van der Waals surface area (Å²) in [6, 6.07) is 5.64. The van der Waals surface area contributed by atoms with E-state index in [1.165, 1.54) is 12.5 Å². The fraction of sp³-hybridized carbons (Fsp3) is 0.308. The second-order valence-electron chi connectivity index (χ2n) is 4.85. The van der Waals surface area contributed by atoms with Gasteiger partial charge in [-0.3, -0.25) is 4.72 Å². The van der Waals surface area contributed by atoms with Crippen LogP contribution in [0.3, 0.4) is 0 Å². The molecule has 3 rings (SSSR count). The number of hydrogen-bond acceptors (Lipinski definition) is 4. The van der Waals surface area contributed by atoms with Crippen LogP contribution in [0.2, 0.25) is 0 Å². The van der Waals surface area contributed by atoms with Crippen LogP contribution in [0.4, 0.5) is 11.4 Å². The molecule has 1 aliphatic heterocycles. The van der Waals surface area contributed by atoms with E-state index in [1.807, 2.05) is 12.1 Å². The molecular weight excluding hydrogens is 276 g/mol. The molecule has 106 valence electrons. The predicted octanol–water partition coefficient (Wildman–Crippen LogP) is 1.58. The summed E-state index contributed by atoms with van der Waals surface area (Å²) in [5.74, 6) is 0. The van der Waals surface area contributed by atoms with Gasteiger partial charge in [-0.25, -0.2) is 4.98 Å². The molecule has 1 aromatic heterocycles. The zero-order chi connectivity index (χ0) is 14.2. The number of nitrogens with zero attached hydrogens (tertiary/aromatic N) is 2. The Kier molecular flexibility index (Phi) is 3.13. The number of fused-ring (bicyclic) bond motifs is 1. The standard InChI is InChI=1S/C13H16N4O2S/c1-17-8-12(15-9-17)20(18,19)16-11-6-2-4-10-5-3-7-14-13(10)11/h2,4,6,8-9,14,16H,3,5,7H2,1H3. The van der Waals surface area contributed by atoms with Crippen molar-refractivity contribution in [3.8, 4) is 0 Å². The SMILES string of the molecule is Cn1cnc(S(=O)(=O)Nc2cccc3c2NCCC3)c1. The Morgan fingerprint density at radius 2 is 2.25 bits per heavy atom. The van der Waals surface area contributed by atoms with E-state index in [9.17, 15) is 8.42 Å². The van der Waals surface area contributed by atoms with E-state index in [1.54, 1.807) is 17.7 Å². The molecule has 0 saturated heterocycles. The topological polar surface area (TPSA) is 76.0 Å². The molecule has 0 fully saturated rings. The van der Waals surface area contributed by atoms with Gasteiger partial charge in [0, 0.05) is 19.8 Å². The van der Waals surface area contributed by atoms with Crippen LogP contribution in [-0.2, 0) is 23.5 Å². The smallest absolute Gasteiger partial charge is 0.281 e. The van der Waals surface area contributed by atoms with E-state index in [0.717, 1.165) is 30.6 Å². The number of nitrogens with one attached hydrogen (secondary N) is 2. The minimum atomic E-state index is -3.65. The quantitative estimate of drug-likeness (QED) is 0.900. The molecule has 20 heavy (non-hydrogen) atoms. The second-order valence-corrected chi connectivity index (χ2v) is 6.48. The Morgan fingerprint density at radius 3 is 3.00 bits per heavy atom. The lowest BCUT2D eigenvalue weighted by Crippen LogP contribution is -2.18. The number of hydrogen-bond donors (Lipinski definition) is 2. The molecule has 0 radical (unpaired) electrons. The highest BCUT2D eigenvalue weighted by molar-refractivity contribution is 7.92. The summed E-state index contributed by atoms with van der Waals surface area (Å²) >= 11 is 0. The summed E-state index contributed by atoms with van der Waals surface area (Å²) in [6.45, 7) is 0.856. The monoisotopic (exact) mass is 292 g/mol. The van der Waals surface area contributed by atoms with Crippen molar-refractivity contribution >= 4 is 21.4 Å². The van der Waals surface area contributed by atoms with Gasteiger partial charge in [0.1, 0.15) is 0 Å². The van der Waals surface area contributed by atoms with Crippen molar-refractivity contribution in [3.05, 3.63) is 36.3 Å². The summed E-state index contributed by atoms with van der Waals surface area (Å²) in [6.07, 6.45) is 4.96. The average Bonchev–Trinajstić information content (AvgIpc) is 2.86. The van der Waals surface area contributed by atoms with Gasteiger partial charge in [0.2, 0.25) is 0 Å². The van der Waals surface area contributed by atoms with E-state index in [2.05, 4.69) is 15.0 Å². The summed E-state index contributed by atoms with van der Waals surface area (Å²) < 4.78 is 28.8. The second kappa shape index (κ2) is 4.82. The highest BCUT2D eigenvalue weighted by Gasteiger charge is 2.20. The minimum absolute atomic E-state index is 0.0217. The highest BCUT2D eigenvalue weighted by atomic mass is 32.2. The van der Waals surface area contributed by atoms with Gasteiger partial charge in [0.25, 0.3) is 10.0 Å². The number of benzene rings is 1. The number of para-hydroxylation sites is 1. The van der Waals surface area contributed by atoms with Crippen LogP contribution in [-0.4, -0.2) is 24.5 Å². The van der Waals surface area contributed by atoms with E-state index in [4.69, 9.17) is 0 Å². The summed E-state index contributed by atoms with van der Waals surface area (Å²) in [5.41, 5.74) is 2.59. The summed E-state index contributed by atoms with van der Waals surface area (Å²) in [7, 11) is -1.91. The maximum absolute atomic E-state index is 12.3. The van der Waals surface area contributed by atoms with Crippen molar-refractivity contribution in [2.75, 3.05) is 16.6 Å². The summed E-state index contributed by atoms with van der Waals surface area (Å²) in [5, 5.41) is 3.28. The molecule has 0 amide bonds. The first-order valence-corrected chi connectivity index (χ1v) is 7.91. The summed E-state index contributed by atoms with van der Waals surface area (Å²) in [4.78, 5) is 3.89. The van der Waals surface area contributed by atoms with Crippen LogP contribution < -0.4 is 10.0 Å². The number of aromatic nitrogens is 2. The van der Waals surface area contributed by atoms with Gasteiger partial charge in [0.05, 0.1) is 17.7 Å². The first-order valence-electron chi connectivity index (χ1n) is 6.43. The number of rotatable bonds is 3. The molecule has 2 N–H and O–H groups in total. The van der Waals surface area contributed by atoms with E-state index < -0.39 is 10.0 Å². The molecule has 2 aromatic rings. The number of anilines is 2. The zero-order valence-corrected chi connectivity index (χ0v) is 11.9. The molecule has 0 unspecified atom stereocenters. The van der Waals surface area contributed by atoms with Gasteiger partial charge in [-0.1, -0.05) is 12.1 Å². The molecule has 0 aliphatic carbocycles. The Morgan fingerprint density at radius 1 is 1.40 bits per heavy atom. The van der Waals surface area contributed by atoms with Gasteiger partial charge in [-0.05, 0) is 24.5 Å². The average molecular weight is 292 g/mol. The Balaban J connectivity index is 1.95. The normalized spacial score (nSPS) is 14.4.